The minimum Gasteiger partial charge on any atom is -0.504 e. The maximum absolute atomic E-state index is 11.7. The Bertz CT molecular complexity index is 762. The molecule has 0 aromatic heterocycles. The Morgan fingerprint density at radius 1 is 1.04 bits per heavy atom. The molecule has 0 atom stereocenters. The minimum atomic E-state index is -1.07. The second-order valence-corrected chi connectivity index (χ2v) is 5.00. The summed E-state index contributed by atoms with van der Waals surface area (Å²) in [4.78, 5) is 11.7. The molecular weight excluding hydrogens is 296 g/mol. The molecule has 0 aliphatic heterocycles. The third kappa shape index (κ3) is 3.63. The molecule has 0 bridgehead atoms. The van der Waals surface area contributed by atoms with Crippen LogP contribution in [0.1, 0.15) is 16.7 Å². The summed E-state index contributed by atoms with van der Waals surface area (Å²) < 4.78 is 10.3. The van der Waals surface area contributed by atoms with Gasteiger partial charge < -0.3 is 19.7 Å². The number of ether oxygens (including phenoxy) is 2. The number of aromatic hydroxyl groups is 1. The first-order valence-corrected chi connectivity index (χ1v) is 6.93. The summed E-state index contributed by atoms with van der Waals surface area (Å²) in [7, 11) is 2.93. The molecule has 5 nitrogen and oxygen atoms in total. The van der Waals surface area contributed by atoms with Crippen LogP contribution in [0.25, 0.3) is 11.6 Å². The molecular formula is C18H18O5. The second kappa shape index (κ2) is 6.87. The Kier molecular flexibility index (Phi) is 4.91. The lowest BCUT2D eigenvalue weighted by Gasteiger charge is -2.11. The number of hydrogen-bond acceptors (Lipinski definition) is 4. The highest BCUT2D eigenvalue weighted by Crippen LogP contribution is 2.31. The fraction of sp³-hybridized carbons (Fsp3) is 0.167. The molecule has 0 fully saturated rings. The Hall–Kier alpha value is -2.95. The first-order valence-electron chi connectivity index (χ1n) is 6.93. The summed E-state index contributed by atoms with van der Waals surface area (Å²) in [5, 5.41) is 19.2. The number of carbonyl (C=O) groups is 1. The number of carboxylic acids is 1. The molecule has 5 heteroatoms. The number of carboxylic acid groups (broad SMARTS) is 1. The summed E-state index contributed by atoms with van der Waals surface area (Å²) in [6.07, 6.45) is 1.52. The highest BCUT2D eigenvalue weighted by molar-refractivity contribution is 6.21. The van der Waals surface area contributed by atoms with Gasteiger partial charge in [-0.1, -0.05) is 17.7 Å². The van der Waals surface area contributed by atoms with Crippen molar-refractivity contribution in [2.45, 2.75) is 6.92 Å². The van der Waals surface area contributed by atoms with Gasteiger partial charge in [-0.3, -0.25) is 0 Å². The standard InChI is InChI=1S/C18H18O5/c1-11-4-7-16(22-2)13(8-11)14(18(20)21)9-12-5-6-15(19)17(10-12)23-3/h4-10,19H,1-3H3,(H,20,21)/b14-9-. The number of aliphatic carboxylic acids is 1. The minimum absolute atomic E-state index is 0.00494. The predicted octanol–water partition coefficient (Wildman–Crippen LogP) is 3.34. The number of hydrogen-bond donors (Lipinski definition) is 2. The van der Waals surface area contributed by atoms with Gasteiger partial charge in [0.1, 0.15) is 5.75 Å². The lowest BCUT2D eigenvalue weighted by atomic mass is 9.99. The summed E-state index contributed by atoms with van der Waals surface area (Å²) in [5.74, 6) is -0.315. The number of phenols is 1. The van der Waals surface area contributed by atoms with E-state index in [9.17, 15) is 15.0 Å². The van der Waals surface area contributed by atoms with E-state index in [0.29, 0.717) is 16.9 Å². The second-order valence-electron chi connectivity index (χ2n) is 5.00. The predicted molar refractivity (Wildman–Crippen MR) is 87.9 cm³/mol. The zero-order valence-electron chi connectivity index (χ0n) is 13.2. The van der Waals surface area contributed by atoms with Crippen LogP contribution in [0.4, 0.5) is 0 Å². The molecule has 2 aromatic rings. The quantitative estimate of drug-likeness (QED) is 0.654. The Labute approximate surface area is 134 Å². The van der Waals surface area contributed by atoms with Crippen molar-refractivity contribution in [3.05, 3.63) is 53.1 Å². The van der Waals surface area contributed by atoms with Gasteiger partial charge in [0.25, 0.3) is 0 Å². The van der Waals surface area contributed by atoms with Gasteiger partial charge in [0, 0.05) is 5.56 Å². The van der Waals surface area contributed by atoms with Gasteiger partial charge in [-0.15, -0.1) is 0 Å². The highest BCUT2D eigenvalue weighted by atomic mass is 16.5. The van der Waals surface area contributed by atoms with Crippen LogP contribution in [0.3, 0.4) is 0 Å². The lowest BCUT2D eigenvalue weighted by Crippen LogP contribution is -2.02. The van der Waals surface area contributed by atoms with Gasteiger partial charge >= 0.3 is 5.97 Å². The van der Waals surface area contributed by atoms with E-state index in [-0.39, 0.29) is 17.1 Å². The van der Waals surface area contributed by atoms with E-state index >= 15 is 0 Å². The molecule has 0 radical (unpaired) electrons. The van der Waals surface area contributed by atoms with E-state index in [1.807, 2.05) is 13.0 Å². The van der Waals surface area contributed by atoms with Gasteiger partial charge in [-0.05, 0) is 42.8 Å². The molecule has 0 unspecified atom stereocenters. The molecule has 0 saturated carbocycles. The molecule has 0 aliphatic rings. The van der Waals surface area contributed by atoms with Gasteiger partial charge in [0.15, 0.2) is 11.5 Å². The Morgan fingerprint density at radius 3 is 2.35 bits per heavy atom. The van der Waals surface area contributed by atoms with E-state index in [1.54, 1.807) is 24.3 Å². The molecule has 2 rings (SSSR count). The highest BCUT2D eigenvalue weighted by Gasteiger charge is 2.16. The van der Waals surface area contributed by atoms with E-state index in [0.717, 1.165) is 5.56 Å². The van der Waals surface area contributed by atoms with Crippen LogP contribution < -0.4 is 9.47 Å². The summed E-state index contributed by atoms with van der Waals surface area (Å²) in [6.45, 7) is 1.88. The normalized spacial score (nSPS) is 11.2. The van der Waals surface area contributed by atoms with Crippen LogP contribution in [0, 0.1) is 6.92 Å². The van der Waals surface area contributed by atoms with Crippen molar-refractivity contribution < 1.29 is 24.5 Å². The largest absolute Gasteiger partial charge is 0.504 e. The first-order chi connectivity index (χ1) is 11.0. The van der Waals surface area contributed by atoms with Crippen LogP contribution in [0.2, 0.25) is 0 Å². The zero-order valence-corrected chi connectivity index (χ0v) is 13.2. The van der Waals surface area contributed by atoms with Crippen LogP contribution in [-0.4, -0.2) is 30.4 Å². The van der Waals surface area contributed by atoms with Gasteiger partial charge in [0.2, 0.25) is 0 Å². The smallest absolute Gasteiger partial charge is 0.336 e. The number of phenolic OH excluding ortho intramolecular Hbond substituents is 1. The molecule has 23 heavy (non-hydrogen) atoms. The van der Waals surface area contributed by atoms with Crippen molar-refractivity contribution in [1.29, 1.82) is 0 Å². The topological polar surface area (TPSA) is 76.0 Å². The maximum atomic E-state index is 11.7. The van der Waals surface area contributed by atoms with E-state index in [2.05, 4.69) is 0 Å². The third-order valence-corrected chi connectivity index (χ3v) is 3.39. The van der Waals surface area contributed by atoms with Crippen LogP contribution in [0.15, 0.2) is 36.4 Å². The van der Waals surface area contributed by atoms with Crippen molar-refractivity contribution in [2.24, 2.45) is 0 Å². The average molecular weight is 314 g/mol. The average Bonchev–Trinajstić information content (AvgIpc) is 2.53. The fourth-order valence-electron chi connectivity index (χ4n) is 2.24. The molecule has 2 aromatic carbocycles. The van der Waals surface area contributed by atoms with Crippen molar-refractivity contribution in [1.82, 2.24) is 0 Å². The fourth-order valence-corrected chi connectivity index (χ4v) is 2.24. The molecule has 0 heterocycles. The van der Waals surface area contributed by atoms with Crippen molar-refractivity contribution >= 4 is 17.6 Å². The SMILES string of the molecule is COc1cc(/C=C(\C(=O)O)c2cc(C)ccc2OC)ccc1O. The maximum Gasteiger partial charge on any atom is 0.336 e. The van der Waals surface area contributed by atoms with Crippen molar-refractivity contribution in [3.8, 4) is 17.2 Å². The van der Waals surface area contributed by atoms with Gasteiger partial charge in [0.05, 0.1) is 19.8 Å². The van der Waals surface area contributed by atoms with Crippen LogP contribution >= 0.6 is 0 Å². The van der Waals surface area contributed by atoms with Crippen LogP contribution in [0.5, 0.6) is 17.2 Å². The summed E-state index contributed by atoms with van der Waals surface area (Å²) in [6, 6.07) is 9.99. The monoisotopic (exact) mass is 314 g/mol. The van der Waals surface area contributed by atoms with E-state index in [4.69, 9.17) is 9.47 Å². The van der Waals surface area contributed by atoms with Gasteiger partial charge in [-0.2, -0.15) is 0 Å². The first kappa shape index (κ1) is 16.4. The van der Waals surface area contributed by atoms with Crippen LogP contribution in [-0.2, 0) is 4.79 Å². The molecule has 120 valence electrons. The lowest BCUT2D eigenvalue weighted by molar-refractivity contribution is -0.130. The number of aryl methyl sites for hydroxylation is 1. The molecule has 0 amide bonds. The third-order valence-electron chi connectivity index (χ3n) is 3.39. The molecule has 2 N–H and O–H groups in total. The van der Waals surface area contributed by atoms with Gasteiger partial charge in [-0.25, -0.2) is 4.79 Å². The number of methoxy groups -OCH3 is 2. The Balaban J connectivity index is 2.59. The van der Waals surface area contributed by atoms with Crippen molar-refractivity contribution in [2.75, 3.05) is 14.2 Å². The summed E-state index contributed by atoms with van der Waals surface area (Å²) in [5.41, 5.74) is 2.11. The zero-order chi connectivity index (χ0) is 17.0. The van der Waals surface area contributed by atoms with E-state index in [1.165, 1.54) is 26.4 Å². The number of rotatable bonds is 5. The molecule has 0 saturated heterocycles. The van der Waals surface area contributed by atoms with Crippen molar-refractivity contribution in [3.63, 3.8) is 0 Å². The number of benzene rings is 2. The summed E-state index contributed by atoms with van der Waals surface area (Å²) >= 11 is 0. The Morgan fingerprint density at radius 2 is 1.74 bits per heavy atom. The molecule has 0 aliphatic carbocycles. The van der Waals surface area contributed by atoms with E-state index < -0.39 is 5.97 Å². The molecule has 0 spiro atoms.